The molecule has 8 heteroatoms. The zero-order valence-electron chi connectivity index (χ0n) is 13.9. The molecule has 0 amide bonds. The molecule has 0 bridgehead atoms. The summed E-state index contributed by atoms with van der Waals surface area (Å²) in [7, 11) is 2.03. The van der Waals surface area contributed by atoms with Gasteiger partial charge in [-0.1, -0.05) is 19.0 Å². The molecule has 0 spiro atoms. The van der Waals surface area contributed by atoms with Crippen LogP contribution in [0, 0.1) is 5.92 Å². The molecule has 2 aromatic rings. The number of aryl methyl sites for hydroxylation is 1. The van der Waals surface area contributed by atoms with E-state index in [9.17, 15) is 0 Å². The molecule has 1 N–H and O–H groups in total. The van der Waals surface area contributed by atoms with E-state index < -0.39 is 0 Å². The molecule has 1 fully saturated rings. The molecule has 7 nitrogen and oxygen atoms in total. The standard InChI is InChI=1S/C15H24N6O.ClH/c1-11(2)8-13-18-14(22-19-13)10-21-7-4-16-9-12(21)15-17-5-6-20(15)3;/h5-6,11-12,16H,4,7-10H2,1-3H3;1H. The van der Waals surface area contributed by atoms with Crippen LogP contribution in [0.1, 0.15) is 37.4 Å². The van der Waals surface area contributed by atoms with Gasteiger partial charge in [0.2, 0.25) is 5.89 Å². The van der Waals surface area contributed by atoms with E-state index in [1.165, 1.54) is 0 Å². The van der Waals surface area contributed by atoms with Crippen LogP contribution in [0.25, 0.3) is 0 Å². The van der Waals surface area contributed by atoms with E-state index in [1.807, 2.05) is 19.4 Å². The highest BCUT2D eigenvalue weighted by molar-refractivity contribution is 5.85. The summed E-state index contributed by atoms with van der Waals surface area (Å²) < 4.78 is 7.49. The topological polar surface area (TPSA) is 72.0 Å². The Balaban J connectivity index is 0.00000192. The third kappa shape index (κ3) is 4.31. The van der Waals surface area contributed by atoms with Gasteiger partial charge in [0.05, 0.1) is 12.6 Å². The van der Waals surface area contributed by atoms with Gasteiger partial charge in [0, 0.05) is 45.5 Å². The first-order valence-corrected chi connectivity index (χ1v) is 7.87. The Labute approximate surface area is 142 Å². The third-order valence-corrected chi connectivity index (χ3v) is 3.95. The largest absolute Gasteiger partial charge is 0.338 e. The molecule has 23 heavy (non-hydrogen) atoms. The molecule has 1 atom stereocenters. The molecule has 0 saturated carbocycles. The smallest absolute Gasteiger partial charge is 0.240 e. The van der Waals surface area contributed by atoms with Gasteiger partial charge in [-0.2, -0.15) is 4.98 Å². The number of hydrogen-bond acceptors (Lipinski definition) is 6. The lowest BCUT2D eigenvalue weighted by Crippen LogP contribution is -2.46. The van der Waals surface area contributed by atoms with Gasteiger partial charge in [0.1, 0.15) is 5.82 Å². The number of halogens is 1. The summed E-state index contributed by atoms with van der Waals surface area (Å²) in [6, 6.07) is 0.231. The molecule has 3 heterocycles. The maximum absolute atomic E-state index is 5.41. The summed E-state index contributed by atoms with van der Waals surface area (Å²) in [5.41, 5.74) is 0. The van der Waals surface area contributed by atoms with Crippen molar-refractivity contribution in [2.45, 2.75) is 32.9 Å². The predicted octanol–water partition coefficient (Wildman–Crippen LogP) is 1.57. The minimum Gasteiger partial charge on any atom is -0.338 e. The van der Waals surface area contributed by atoms with Crippen LogP contribution in [0.3, 0.4) is 0 Å². The van der Waals surface area contributed by atoms with E-state index >= 15 is 0 Å². The highest BCUT2D eigenvalue weighted by Gasteiger charge is 2.28. The van der Waals surface area contributed by atoms with Crippen LogP contribution in [-0.2, 0) is 20.0 Å². The van der Waals surface area contributed by atoms with Crippen molar-refractivity contribution in [3.63, 3.8) is 0 Å². The lowest BCUT2D eigenvalue weighted by molar-refractivity contribution is 0.128. The van der Waals surface area contributed by atoms with E-state index in [0.717, 1.165) is 37.7 Å². The van der Waals surface area contributed by atoms with E-state index in [4.69, 9.17) is 4.52 Å². The number of nitrogens with one attached hydrogen (secondary N) is 1. The second kappa shape index (κ2) is 7.90. The molecule has 1 aliphatic heterocycles. The van der Waals surface area contributed by atoms with E-state index in [2.05, 4.69) is 43.8 Å². The summed E-state index contributed by atoms with van der Waals surface area (Å²) >= 11 is 0. The van der Waals surface area contributed by atoms with Crippen molar-refractivity contribution in [1.29, 1.82) is 0 Å². The van der Waals surface area contributed by atoms with Crippen molar-refractivity contribution in [1.82, 2.24) is 29.9 Å². The Bertz CT molecular complexity index is 611. The van der Waals surface area contributed by atoms with Crippen LogP contribution >= 0.6 is 12.4 Å². The van der Waals surface area contributed by atoms with Gasteiger partial charge < -0.3 is 14.4 Å². The van der Waals surface area contributed by atoms with Crippen molar-refractivity contribution >= 4 is 12.4 Å². The zero-order chi connectivity index (χ0) is 15.5. The number of aromatic nitrogens is 4. The first-order valence-electron chi connectivity index (χ1n) is 7.87. The summed E-state index contributed by atoms with van der Waals surface area (Å²) in [6.07, 6.45) is 4.68. The van der Waals surface area contributed by atoms with Crippen LogP contribution < -0.4 is 5.32 Å². The van der Waals surface area contributed by atoms with Crippen molar-refractivity contribution < 1.29 is 4.52 Å². The number of hydrogen-bond donors (Lipinski definition) is 1. The molecule has 1 aliphatic rings. The van der Waals surface area contributed by atoms with Gasteiger partial charge >= 0.3 is 0 Å². The van der Waals surface area contributed by atoms with Crippen LogP contribution in [0.15, 0.2) is 16.9 Å². The monoisotopic (exact) mass is 340 g/mol. The lowest BCUT2D eigenvalue weighted by Gasteiger charge is -2.34. The Morgan fingerprint density at radius 2 is 2.26 bits per heavy atom. The molecule has 1 saturated heterocycles. The quantitative estimate of drug-likeness (QED) is 0.890. The van der Waals surface area contributed by atoms with Crippen LogP contribution in [0.4, 0.5) is 0 Å². The number of piperazine rings is 1. The fraction of sp³-hybridized carbons (Fsp3) is 0.667. The fourth-order valence-electron chi connectivity index (χ4n) is 2.86. The average molecular weight is 341 g/mol. The van der Waals surface area contributed by atoms with Gasteiger partial charge in [-0.05, 0) is 5.92 Å². The Morgan fingerprint density at radius 3 is 2.96 bits per heavy atom. The first-order chi connectivity index (χ1) is 10.6. The minimum absolute atomic E-state index is 0. The Morgan fingerprint density at radius 1 is 1.43 bits per heavy atom. The second-order valence-corrected chi connectivity index (χ2v) is 6.29. The van der Waals surface area contributed by atoms with Crippen LogP contribution in [-0.4, -0.2) is 44.2 Å². The predicted molar refractivity (Wildman–Crippen MR) is 89.3 cm³/mol. The Hall–Kier alpha value is -1.44. The van der Waals surface area contributed by atoms with E-state index in [0.29, 0.717) is 18.4 Å². The van der Waals surface area contributed by atoms with Crippen LogP contribution in [0.2, 0.25) is 0 Å². The summed E-state index contributed by atoms with van der Waals surface area (Å²) in [6.45, 7) is 7.78. The van der Waals surface area contributed by atoms with Crippen molar-refractivity contribution in [3.05, 3.63) is 29.9 Å². The average Bonchev–Trinajstić information content (AvgIpc) is 3.08. The van der Waals surface area contributed by atoms with Crippen LogP contribution in [0.5, 0.6) is 0 Å². The highest BCUT2D eigenvalue weighted by Crippen LogP contribution is 2.22. The third-order valence-electron chi connectivity index (χ3n) is 3.95. The van der Waals surface area contributed by atoms with Gasteiger partial charge in [-0.25, -0.2) is 4.98 Å². The number of rotatable bonds is 5. The molecule has 3 rings (SSSR count). The van der Waals surface area contributed by atoms with Crippen molar-refractivity contribution in [3.8, 4) is 0 Å². The molecule has 2 aromatic heterocycles. The van der Waals surface area contributed by atoms with Gasteiger partial charge in [0.25, 0.3) is 0 Å². The fourth-order valence-corrected chi connectivity index (χ4v) is 2.86. The van der Waals surface area contributed by atoms with E-state index in [1.54, 1.807) is 0 Å². The van der Waals surface area contributed by atoms with Crippen molar-refractivity contribution in [2.24, 2.45) is 13.0 Å². The Kier molecular flexibility index (Phi) is 6.15. The lowest BCUT2D eigenvalue weighted by atomic mass is 10.1. The van der Waals surface area contributed by atoms with E-state index in [-0.39, 0.29) is 18.4 Å². The maximum atomic E-state index is 5.41. The molecule has 128 valence electrons. The van der Waals surface area contributed by atoms with Gasteiger partial charge in [0.15, 0.2) is 5.82 Å². The molecule has 0 aromatic carbocycles. The molecule has 1 unspecified atom stereocenters. The highest BCUT2D eigenvalue weighted by atomic mass is 35.5. The molecule has 0 aliphatic carbocycles. The number of imidazole rings is 1. The normalized spacial score (nSPS) is 19.0. The zero-order valence-corrected chi connectivity index (χ0v) is 14.7. The molecule has 0 radical (unpaired) electrons. The summed E-state index contributed by atoms with van der Waals surface area (Å²) in [4.78, 5) is 11.4. The SMILES string of the molecule is CC(C)Cc1noc(CN2CCNCC2c2nccn2C)n1.Cl. The molecular weight excluding hydrogens is 316 g/mol. The first kappa shape index (κ1) is 17.9. The second-order valence-electron chi connectivity index (χ2n) is 6.29. The number of nitrogens with zero attached hydrogens (tertiary/aromatic N) is 5. The summed E-state index contributed by atoms with van der Waals surface area (Å²) in [5.74, 6) is 3.09. The maximum Gasteiger partial charge on any atom is 0.240 e. The minimum atomic E-state index is 0. The van der Waals surface area contributed by atoms with Crippen molar-refractivity contribution in [2.75, 3.05) is 19.6 Å². The van der Waals surface area contributed by atoms with Gasteiger partial charge in [-0.15, -0.1) is 12.4 Å². The van der Waals surface area contributed by atoms with Gasteiger partial charge in [-0.3, -0.25) is 4.90 Å². The summed E-state index contributed by atoms with van der Waals surface area (Å²) in [5, 5.41) is 7.51. The molecular formula is C15H25ClN6O.